The van der Waals surface area contributed by atoms with Crippen LogP contribution in [0.15, 0.2) is 55.2 Å². The lowest BCUT2D eigenvalue weighted by molar-refractivity contribution is -0.122. The van der Waals surface area contributed by atoms with Crippen molar-refractivity contribution in [3.63, 3.8) is 0 Å². The molecule has 1 aliphatic rings. The molecule has 2 aromatic carbocycles. The van der Waals surface area contributed by atoms with Gasteiger partial charge >= 0.3 is 0 Å². The standard InChI is InChI=1S/C21H20Br2N2O3S/c1-12(2)11-25-20(27)18(10-13-8-16(22)19(26)17(23)9-13)29-21(25)24-14-4-6-15(28-3)7-5-14/h4-10,12,26H,11H2,1-3H3/b18-10+,24-21?. The average Bonchev–Trinajstić information content (AvgIpc) is 2.95. The first-order valence-electron chi connectivity index (χ1n) is 8.90. The van der Waals surface area contributed by atoms with Gasteiger partial charge in [-0.1, -0.05) is 13.8 Å². The number of rotatable bonds is 5. The second-order valence-corrected chi connectivity index (χ2v) is 9.56. The third-order valence-corrected chi connectivity index (χ3v) is 6.29. The molecule has 3 rings (SSSR count). The van der Waals surface area contributed by atoms with E-state index >= 15 is 0 Å². The lowest BCUT2D eigenvalue weighted by Gasteiger charge is -2.17. The van der Waals surface area contributed by atoms with Gasteiger partial charge in [0.15, 0.2) is 5.17 Å². The van der Waals surface area contributed by atoms with Gasteiger partial charge in [0.1, 0.15) is 11.5 Å². The summed E-state index contributed by atoms with van der Waals surface area (Å²) in [5.74, 6) is 1.11. The fourth-order valence-electron chi connectivity index (χ4n) is 2.70. The highest BCUT2D eigenvalue weighted by molar-refractivity contribution is 9.11. The molecule has 1 aliphatic heterocycles. The van der Waals surface area contributed by atoms with Gasteiger partial charge in [-0.05, 0) is 97.6 Å². The monoisotopic (exact) mass is 538 g/mol. The fourth-order valence-corrected chi connectivity index (χ4v) is 4.93. The Hall–Kier alpha value is -1.77. The van der Waals surface area contributed by atoms with Crippen molar-refractivity contribution in [2.24, 2.45) is 10.9 Å². The Labute approximate surface area is 191 Å². The largest absolute Gasteiger partial charge is 0.506 e. The maximum absolute atomic E-state index is 13.0. The number of benzene rings is 2. The number of hydrogen-bond donors (Lipinski definition) is 1. The number of methoxy groups -OCH3 is 1. The third-order valence-electron chi connectivity index (χ3n) is 4.07. The van der Waals surface area contributed by atoms with Gasteiger partial charge in [0.2, 0.25) is 0 Å². The molecule has 1 amide bonds. The summed E-state index contributed by atoms with van der Waals surface area (Å²) in [7, 11) is 1.62. The number of thioether (sulfide) groups is 1. The molecule has 0 atom stereocenters. The van der Waals surface area contributed by atoms with Crippen LogP contribution in [0.1, 0.15) is 19.4 Å². The van der Waals surface area contributed by atoms with Crippen molar-refractivity contribution in [3.05, 3.63) is 55.8 Å². The van der Waals surface area contributed by atoms with Gasteiger partial charge in [0.05, 0.1) is 26.6 Å². The Balaban J connectivity index is 1.96. The summed E-state index contributed by atoms with van der Waals surface area (Å²) in [4.78, 5) is 20.0. The van der Waals surface area contributed by atoms with Crippen molar-refractivity contribution in [2.45, 2.75) is 13.8 Å². The molecule has 0 bridgehead atoms. The number of aliphatic imine (C=N–C) groups is 1. The van der Waals surface area contributed by atoms with Gasteiger partial charge in [-0.25, -0.2) is 4.99 Å². The van der Waals surface area contributed by atoms with E-state index in [9.17, 15) is 9.90 Å². The zero-order valence-corrected chi connectivity index (χ0v) is 20.1. The highest BCUT2D eigenvalue weighted by Gasteiger charge is 2.33. The highest BCUT2D eigenvalue weighted by Crippen LogP contribution is 2.38. The number of aromatic hydroxyl groups is 1. The van der Waals surface area contributed by atoms with E-state index in [1.807, 2.05) is 30.3 Å². The lowest BCUT2D eigenvalue weighted by atomic mass is 10.2. The molecule has 2 aromatic rings. The van der Waals surface area contributed by atoms with E-state index in [1.54, 1.807) is 24.1 Å². The SMILES string of the molecule is COc1ccc(N=C2S/C(=C/c3cc(Br)c(O)c(Br)c3)C(=O)N2CC(C)C)cc1. The Morgan fingerprint density at radius 3 is 2.38 bits per heavy atom. The number of phenolic OH excluding ortho intramolecular Hbond substituents is 1. The van der Waals surface area contributed by atoms with Gasteiger partial charge in [-0.2, -0.15) is 0 Å². The molecule has 0 aromatic heterocycles. The van der Waals surface area contributed by atoms with Crippen LogP contribution in [0.5, 0.6) is 11.5 Å². The van der Waals surface area contributed by atoms with E-state index in [4.69, 9.17) is 4.74 Å². The van der Waals surface area contributed by atoms with E-state index in [0.717, 1.165) is 17.0 Å². The second kappa shape index (κ2) is 9.36. The van der Waals surface area contributed by atoms with Crippen LogP contribution in [-0.4, -0.2) is 34.7 Å². The zero-order valence-electron chi connectivity index (χ0n) is 16.1. The minimum Gasteiger partial charge on any atom is -0.506 e. The molecule has 29 heavy (non-hydrogen) atoms. The van der Waals surface area contributed by atoms with E-state index in [-0.39, 0.29) is 11.7 Å². The number of amides is 1. The molecule has 152 valence electrons. The van der Waals surface area contributed by atoms with Crippen LogP contribution in [0.2, 0.25) is 0 Å². The van der Waals surface area contributed by atoms with Crippen molar-refractivity contribution in [3.8, 4) is 11.5 Å². The Bertz CT molecular complexity index is 965. The Morgan fingerprint density at radius 1 is 1.21 bits per heavy atom. The molecule has 0 radical (unpaired) electrons. The van der Waals surface area contributed by atoms with Crippen LogP contribution < -0.4 is 4.74 Å². The number of carbonyl (C=O) groups is 1. The van der Waals surface area contributed by atoms with Crippen molar-refractivity contribution >= 4 is 66.5 Å². The first-order valence-corrected chi connectivity index (χ1v) is 11.3. The number of phenols is 1. The molecule has 8 heteroatoms. The fraction of sp³-hybridized carbons (Fsp3) is 0.238. The highest BCUT2D eigenvalue weighted by atomic mass is 79.9. The molecule has 1 saturated heterocycles. The minimum atomic E-state index is -0.0729. The first-order chi connectivity index (χ1) is 13.8. The molecule has 1 heterocycles. The van der Waals surface area contributed by atoms with Gasteiger partial charge in [0, 0.05) is 6.54 Å². The first kappa shape index (κ1) is 21.9. The van der Waals surface area contributed by atoms with Crippen molar-refractivity contribution in [1.29, 1.82) is 0 Å². The number of ether oxygens (including phenoxy) is 1. The number of nitrogens with zero attached hydrogens (tertiary/aromatic N) is 2. The maximum atomic E-state index is 13.0. The van der Waals surface area contributed by atoms with Gasteiger partial charge in [0.25, 0.3) is 5.91 Å². The molecule has 1 N–H and O–H groups in total. The number of halogens is 2. The average molecular weight is 540 g/mol. The molecule has 5 nitrogen and oxygen atoms in total. The Morgan fingerprint density at radius 2 is 1.83 bits per heavy atom. The van der Waals surface area contributed by atoms with Crippen molar-refractivity contribution < 1.29 is 14.6 Å². The van der Waals surface area contributed by atoms with Crippen molar-refractivity contribution in [2.75, 3.05) is 13.7 Å². The zero-order chi connectivity index (χ0) is 21.1. The molecule has 0 saturated carbocycles. The summed E-state index contributed by atoms with van der Waals surface area (Å²) < 4.78 is 6.30. The summed E-state index contributed by atoms with van der Waals surface area (Å²) in [6, 6.07) is 10.9. The summed E-state index contributed by atoms with van der Waals surface area (Å²) in [5.41, 5.74) is 1.55. The van der Waals surface area contributed by atoms with Crippen LogP contribution in [0, 0.1) is 5.92 Å². The topological polar surface area (TPSA) is 62.1 Å². The lowest BCUT2D eigenvalue weighted by Crippen LogP contribution is -2.32. The van der Waals surface area contributed by atoms with Gasteiger partial charge in [-0.15, -0.1) is 0 Å². The van der Waals surface area contributed by atoms with Gasteiger partial charge < -0.3 is 9.84 Å². The minimum absolute atomic E-state index is 0.0729. The molecule has 0 unspecified atom stereocenters. The predicted octanol–water partition coefficient (Wildman–Crippen LogP) is 6.19. The quantitative estimate of drug-likeness (QED) is 0.460. The summed E-state index contributed by atoms with van der Waals surface area (Å²) in [6.07, 6.45) is 1.81. The van der Waals surface area contributed by atoms with Crippen LogP contribution >= 0.6 is 43.6 Å². The Kier molecular flexibility index (Phi) is 7.08. The molecular weight excluding hydrogens is 520 g/mol. The van der Waals surface area contributed by atoms with E-state index in [2.05, 4.69) is 50.7 Å². The van der Waals surface area contributed by atoms with E-state index in [1.165, 1.54) is 11.8 Å². The maximum Gasteiger partial charge on any atom is 0.266 e. The van der Waals surface area contributed by atoms with Crippen molar-refractivity contribution in [1.82, 2.24) is 4.90 Å². The number of hydrogen-bond acceptors (Lipinski definition) is 5. The van der Waals surface area contributed by atoms with Crippen LogP contribution in [-0.2, 0) is 4.79 Å². The van der Waals surface area contributed by atoms with Crippen LogP contribution in [0.25, 0.3) is 6.08 Å². The molecule has 0 aliphatic carbocycles. The van der Waals surface area contributed by atoms with Crippen LogP contribution in [0.3, 0.4) is 0 Å². The third kappa shape index (κ3) is 5.24. The number of carbonyl (C=O) groups excluding carboxylic acids is 1. The normalized spacial score (nSPS) is 17.0. The molecular formula is C21H20Br2N2O3S. The van der Waals surface area contributed by atoms with E-state index < -0.39 is 0 Å². The summed E-state index contributed by atoms with van der Waals surface area (Å²) in [6.45, 7) is 4.72. The molecule has 0 spiro atoms. The predicted molar refractivity (Wildman–Crippen MR) is 126 cm³/mol. The summed E-state index contributed by atoms with van der Waals surface area (Å²) >= 11 is 8.00. The second-order valence-electron chi connectivity index (χ2n) is 6.85. The van der Waals surface area contributed by atoms with Crippen LogP contribution in [0.4, 0.5) is 5.69 Å². The van der Waals surface area contributed by atoms with Gasteiger partial charge in [-0.3, -0.25) is 9.69 Å². The van der Waals surface area contributed by atoms with E-state index in [0.29, 0.717) is 31.5 Å². The smallest absolute Gasteiger partial charge is 0.266 e. The summed E-state index contributed by atoms with van der Waals surface area (Å²) in [5, 5.41) is 10.6. The molecule has 1 fully saturated rings. The number of amidine groups is 1.